The molecule has 9 aromatic rings. The molecule has 0 aromatic carbocycles. The summed E-state index contributed by atoms with van der Waals surface area (Å²) in [5.41, 5.74) is 10.1. The number of ether oxygens (including phenoxy) is 3. The molecule has 9 aromatic heterocycles. The predicted octanol–water partition coefficient (Wildman–Crippen LogP) is 19.1. The molecule has 20 heteroatoms. The number of halogens is 2. The van der Waals surface area contributed by atoms with E-state index in [1.165, 1.54) is 16.7 Å². The molecule has 0 bridgehead atoms. The Bertz CT molecular complexity index is 3140. The van der Waals surface area contributed by atoms with E-state index in [4.69, 9.17) is 37.4 Å². The average Bonchev–Trinajstić information content (AvgIpc) is 0.907. The van der Waals surface area contributed by atoms with E-state index >= 15 is 0 Å². The minimum atomic E-state index is 0.00819. The van der Waals surface area contributed by atoms with Crippen molar-refractivity contribution in [3.63, 3.8) is 0 Å². The predicted molar refractivity (Wildman–Crippen MR) is 403 cm³/mol. The van der Waals surface area contributed by atoms with Crippen LogP contribution in [0.1, 0.15) is 238 Å². The summed E-state index contributed by atoms with van der Waals surface area (Å²) in [5, 5.41) is 8.87. The Morgan fingerprint density at radius 1 is 0.286 bits per heavy atom. The largest absolute Gasteiger partial charge is 0.481 e. The van der Waals surface area contributed by atoms with Crippen molar-refractivity contribution in [2.24, 2.45) is 0 Å². The fourth-order valence-electron chi connectivity index (χ4n) is 7.02. The molecule has 0 saturated carbocycles. The van der Waals surface area contributed by atoms with Gasteiger partial charge in [-0.25, -0.2) is 39.9 Å². The first-order chi connectivity index (χ1) is 45.0. The van der Waals surface area contributed by atoms with Crippen LogP contribution in [0.25, 0.3) is 0 Å². The van der Waals surface area contributed by atoms with Crippen LogP contribution < -0.4 is 14.2 Å². The summed E-state index contributed by atoms with van der Waals surface area (Å²) in [6, 6.07) is 18.0. The van der Waals surface area contributed by atoms with E-state index in [-0.39, 0.29) is 48.7 Å². The Morgan fingerprint density at radius 2 is 0.755 bits per heavy atom. The third-order valence-corrected chi connectivity index (χ3v) is 14.0. The normalized spacial score (nSPS) is 11.5. The molecule has 0 N–H and O–H groups in total. The molecule has 0 aliphatic carbocycles. The quantitative estimate of drug-likeness (QED) is 0.150. The molecular weight excluding hydrogens is 1270 g/mol. The van der Waals surface area contributed by atoms with E-state index in [1.807, 2.05) is 67.1 Å². The van der Waals surface area contributed by atoms with E-state index in [0.717, 1.165) is 34.2 Å². The number of aromatic nitrogens is 15. The van der Waals surface area contributed by atoms with Crippen LogP contribution in [-0.4, -0.2) is 96.3 Å². The maximum Gasteiger partial charge on any atom is 0.316 e. The summed E-state index contributed by atoms with van der Waals surface area (Å²) in [6.07, 6.45) is 27.9. The van der Waals surface area contributed by atoms with Crippen LogP contribution >= 0.6 is 23.2 Å². The lowest BCUT2D eigenvalue weighted by molar-refractivity contribution is 0.378. The van der Waals surface area contributed by atoms with E-state index in [9.17, 15) is 0 Å². The molecular formula is C78H115Cl2N15O3. The van der Waals surface area contributed by atoms with Gasteiger partial charge in [0.15, 0.2) is 5.82 Å². The van der Waals surface area contributed by atoms with Crippen molar-refractivity contribution in [1.82, 2.24) is 75.0 Å². The van der Waals surface area contributed by atoms with Gasteiger partial charge in [0.1, 0.15) is 11.5 Å². The molecule has 0 unspecified atom stereocenters. The third-order valence-electron chi connectivity index (χ3n) is 13.5. The Hall–Kier alpha value is -8.09. The van der Waals surface area contributed by atoms with Crippen LogP contribution in [-0.2, 0) is 48.7 Å². The third kappa shape index (κ3) is 37.0. The van der Waals surface area contributed by atoms with Crippen molar-refractivity contribution in [1.29, 1.82) is 0 Å². The number of hydrogen-bond acceptors (Lipinski definition) is 18. The van der Waals surface area contributed by atoms with Gasteiger partial charge in [-0.05, 0) is 74.2 Å². The SMILES string of the molecule is CC(C)(C)c1ccc(Cl)cn1.CC(C)(C)c1ccc(Cl)nc1.CC(C)(C)c1cccnc1.CC(C)(C)c1ccncn1.CC(C)(C)c1cnccn1.CC(C)(C)c1nccnn1.COc1ccc(C(C)(C)C)cn1.COc1cnc(C(C)(C)C)cn1.COc1ncc(C(C)(C)C)cn1. The second kappa shape index (κ2) is 40.1. The van der Waals surface area contributed by atoms with Gasteiger partial charge in [0.25, 0.3) is 0 Å². The van der Waals surface area contributed by atoms with E-state index in [0.29, 0.717) is 27.9 Å². The first-order valence-electron chi connectivity index (χ1n) is 32.6. The summed E-state index contributed by atoms with van der Waals surface area (Å²) < 4.78 is 14.7. The van der Waals surface area contributed by atoms with Crippen molar-refractivity contribution in [3.05, 3.63) is 215 Å². The molecule has 0 saturated heterocycles. The Kier molecular flexibility index (Phi) is 36.0. The maximum absolute atomic E-state index is 5.70. The lowest BCUT2D eigenvalue weighted by Gasteiger charge is -2.18. The van der Waals surface area contributed by atoms with Crippen LogP contribution in [0.15, 0.2) is 154 Å². The van der Waals surface area contributed by atoms with Crippen molar-refractivity contribution >= 4 is 23.2 Å². The summed E-state index contributed by atoms with van der Waals surface area (Å²) >= 11 is 11.3. The van der Waals surface area contributed by atoms with Gasteiger partial charge < -0.3 is 14.2 Å². The van der Waals surface area contributed by atoms with Crippen LogP contribution in [0.5, 0.6) is 17.8 Å². The van der Waals surface area contributed by atoms with Crippen molar-refractivity contribution < 1.29 is 14.2 Å². The van der Waals surface area contributed by atoms with Gasteiger partial charge in [0.05, 0.1) is 56.3 Å². The monoisotopic (exact) mass is 1380 g/mol. The van der Waals surface area contributed by atoms with E-state index in [1.54, 1.807) is 102 Å². The highest BCUT2D eigenvalue weighted by Crippen LogP contribution is 2.26. The smallest absolute Gasteiger partial charge is 0.316 e. The van der Waals surface area contributed by atoms with Gasteiger partial charge in [0, 0.05) is 119 Å². The van der Waals surface area contributed by atoms with Gasteiger partial charge in [-0.1, -0.05) is 228 Å². The van der Waals surface area contributed by atoms with E-state index in [2.05, 4.69) is 268 Å². The fourth-order valence-corrected chi connectivity index (χ4v) is 7.24. The second-order valence-electron chi connectivity index (χ2n) is 31.9. The fraction of sp³-hybridized carbons (Fsp3) is 0.500. The zero-order chi connectivity index (χ0) is 75.0. The summed E-state index contributed by atoms with van der Waals surface area (Å²) in [5.74, 6) is 2.01. The van der Waals surface area contributed by atoms with Crippen LogP contribution in [0.3, 0.4) is 0 Å². The molecule has 0 radical (unpaired) electrons. The Labute approximate surface area is 598 Å². The minimum absolute atomic E-state index is 0.00819. The van der Waals surface area contributed by atoms with Crippen LogP contribution in [0.2, 0.25) is 10.2 Å². The van der Waals surface area contributed by atoms with Gasteiger partial charge in [0.2, 0.25) is 11.8 Å². The minimum Gasteiger partial charge on any atom is -0.481 e. The topological polar surface area (TPSA) is 221 Å². The van der Waals surface area contributed by atoms with Gasteiger partial charge in [-0.15, -0.1) is 5.10 Å². The number of methoxy groups -OCH3 is 3. The number of rotatable bonds is 3. The molecule has 0 aliphatic heterocycles. The second-order valence-corrected chi connectivity index (χ2v) is 32.7. The maximum atomic E-state index is 5.70. The molecule has 98 heavy (non-hydrogen) atoms. The molecule has 9 heterocycles. The van der Waals surface area contributed by atoms with Gasteiger partial charge in [-0.3, -0.25) is 24.9 Å². The molecule has 9 rings (SSSR count). The summed E-state index contributed by atoms with van der Waals surface area (Å²) in [4.78, 5) is 53.0. The van der Waals surface area contributed by atoms with Crippen molar-refractivity contribution in [2.75, 3.05) is 21.3 Å². The highest BCUT2D eigenvalue weighted by Gasteiger charge is 2.20. The summed E-state index contributed by atoms with van der Waals surface area (Å²) in [6.45, 7) is 57.5. The van der Waals surface area contributed by atoms with Crippen molar-refractivity contribution in [3.8, 4) is 17.8 Å². The van der Waals surface area contributed by atoms with Crippen molar-refractivity contribution in [2.45, 2.75) is 236 Å². The molecule has 0 fully saturated rings. The molecule has 0 atom stereocenters. The number of pyridine rings is 4. The standard InChI is InChI=1S/C10H15NO.2C9H12ClN.2C9H14N2O.C9H13N.2C8H12N2.C7H11N3/c1-10(2,3)8-5-6-9(12-4)11-7-8;1-9(2,3)8-5-4-7(10)6-11-8;1-9(2,3)7-4-5-8(10)11-6-7;1-9(2,3)7-5-11-8(12-4)6-10-7;1-9(2,3)7-5-10-8(12-4)11-6-7;1-9(2,3)8-5-4-6-10-7-8;1-8(2,3)7-6-9-4-5-10-7;1-8(2,3)7-4-5-9-6-10-7;1-7(2,3)6-8-4-5-9-10-6/h5-7H,1-4H3;2*4-6H,1-3H3;2*5-6H,1-4H3;4-7H,1-3H3;2*4-6H,1-3H3;4-5H,1-3H3. The average molecular weight is 1380 g/mol. The van der Waals surface area contributed by atoms with Crippen LogP contribution in [0, 0.1) is 0 Å². The molecule has 0 spiro atoms. The number of nitrogens with zero attached hydrogens (tertiary/aromatic N) is 15. The zero-order valence-electron chi connectivity index (χ0n) is 64.6. The van der Waals surface area contributed by atoms with Gasteiger partial charge >= 0.3 is 6.01 Å². The van der Waals surface area contributed by atoms with Gasteiger partial charge in [-0.2, -0.15) is 5.10 Å². The molecule has 18 nitrogen and oxygen atoms in total. The Morgan fingerprint density at radius 3 is 1.07 bits per heavy atom. The lowest BCUT2D eigenvalue weighted by Crippen LogP contribution is -2.15. The first kappa shape index (κ1) is 87.9. The first-order valence-corrected chi connectivity index (χ1v) is 33.3. The summed E-state index contributed by atoms with van der Waals surface area (Å²) in [7, 11) is 4.77. The lowest BCUT2D eigenvalue weighted by atomic mass is 9.88. The molecule has 0 aliphatic rings. The Balaban J connectivity index is 0.000000552. The highest BCUT2D eigenvalue weighted by atomic mass is 35.5. The van der Waals surface area contributed by atoms with Crippen LogP contribution in [0.4, 0.5) is 0 Å². The zero-order valence-corrected chi connectivity index (χ0v) is 66.1. The molecule has 534 valence electrons. The number of hydrogen-bond donors (Lipinski definition) is 0. The van der Waals surface area contributed by atoms with E-state index < -0.39 is 0 Å². The highest BCUT2D eigenvalue weighted by molar-refractivity contribution is 6.30. The molecule has 0 amide bonds.